The molecule has 0 aliphatic heterocycles. The Morgan fingerprint density at radius 3 is 2.72 bits per heavy atom. The minimum atomic E-state index is -0.293. The fraction of sp³-hybridized carbons (Fsp3) is 0.353. The van der Waals surface area contributed by atoms with Crippen LogP contribution in [0.25, 0.3) is 0 Å². The summed E-state index contributed by atoms with van der Waals surface area (Å²) in [5.74, 6) is 1.92. The fourth-order valence-electron chi connectivity index (χ4n) is 2.18. The summed E-state index contributed by atoms with van der Waals surface area (Å²) >= 11 is 0. The Balaban J connectivity index is 1.78. The molecule has 1 aromatic carbocycles. The van der Waals surface area contributed by atoms with Gasteiger partial charge in [0.25, 0.3) is 0 Å². The molecule has 134 valence electrons. The molecule has 0 atom stereocenters. The zero-order valence-corrected chi connectivity index (χ0v) is 14.7. The molecule has 1 aromatic heterocycles. The topological polar surface area (TPSA) is 100 Å². The first-order valence-corrected chi connectivity index (χ1v) is 8.13. The molecule has 2 aromatic rings. The zero-order valence-electron chi connectivity index (χ0n) is 14.7. The maximum Gasteiger partial charge on any atom is 0.319 e. The molecule has 0 aliphatic rings. The van der Waals surface area contributed by atoms with Gasteiger partial charge in [-0.15, -0.1) is 0 Å². The van der Waals surface area contributed by atoms with E-state index in [0.29, 0.717) is 30.5 Å². The van der Waals surface area contributed by atoms with Crippen LogP contribution in [0.1, 0.15) is 12.6 Å². The predicted molar refractivity (Wildman–Crippen MR) is 99.4 cm³/mol. The largest absolute Gasteiger partial charge is 0.495 e. The molecule has 0 radical (unpaired) electrons. The van der Waals surface area contributed by atoms with Crippen LogP contribution in [0.3, 0.4) is 0 Å². The summed E-state index contributed by atoms with van der Waals surface area (Å²) in [6.45, 7) is 5.64. The van der Waals surface area contributed by atoms with Gasteiger partial charge in [0.1, 0.15) is 11.6 Å². The van der Waals surface area contributed by atoms with Crippen LogP contribution in [-0.2, 0) is 0 Å². The van der Waals surface area contributed by atoms with Crippen molar-refractivity contribution in [2.75, 3.05) is 42.7 Å². The lowest BCUT2D eigenvalue weighted by molar-refractivity contribution is 0.252. The number of nitrogens with one attached hydrogen (secondary N) is 4. The average Bonchev–Trinajstić information content (AvgIpc) is 2.59. The number of benzene rings is 1. The van der Waals surface area contributed by atoms with Crippen LogP contribution in [0.2, 0.25) is 0 Å². The molecule has 0 spiro atoms. The van der Waals surface area contributed by atoms with E-state index < -0.39 is 0 Å². The molecule has 8 heteroatoms. The van der Waals surface area contributed by atoms with Gasteiger partial charge >= 0.3 is 6.03 Å². The molecular formula is C17H24N6O2. The summed E-state index contributed by atoms with van der Waals surface area (Å²) in [7, 11) is 1.56. The molecule has 0 aliphatic carbocycles. The normalized spacial score (nSPS) is 10.0. The number of ether oxygens (including phenoxy) is 1. The van der Waals surface area contributed by atoms with Gasteiger partial charge < -0.3 is 26.0 Å². The highest BCUT2D eigenvalue weighted by atomic mass is 16.5. The van der Waals surface area contributed by atoms with Gasteiger partial charge in [0.05, 0.1) is 12.8 Å². The molecule has 0 saturated heterocycles. The summed E-state index contributed by atoms with van der Waals surface area (Å²) in [5, 5.41) is 11.8. The van der Waals surface area contributed by atoms with Crippen LogP contribution < -0.4 is 26.0 Å². The van der Waals surface area contributed by atoms with Gasteiger partial charge in [-0.25, -0.2) is 9.78 Å². The van der Waals surface area contributed by atoms with Crippen molar-refractivity contribution in [2.24, 2.45) is 0 Å². The summed E-state index contributed by atoms with van der Waals surface area (Å²) < 4.78 is 5.20. The number of para-hydroxylation sites is 2. The second-order valence-corrected chi connectivity index (χ2v) is 5.26. The quantitative estimate of drug-likeness (QED) is 0.549. The minimum Gasteiger partial charge on any atom is -0.495 e. The highest BCUT2D eigenvalue weighted by molar-refractivity contribution is 5.90. The number of hydrogen-bond donors (Lipinski definition) is 4. The monoisotopic (exact) mass is 344 g/mol. The molecule has 2 amide bonds. The number of amides is 2. The SMILES string of the molecule is CCNc1nc(C)cc(NCCNC(=O)Nc2ccccc2OC)n1. The van der Waals surface area contributed by atoms with Gasteiger partial charge in [-0.05, 0) is 26.0 Å². The van der Waals surface area contributed by atoms with Gasteiger partial charge in [0.15, 0.2) is 0 Å². The van der Waals surface area contributed by atoms with Crippen molar-refractivity contribution in [3.05, 3.63) is 36.0 Å². The van der Waals surface area contributed by atoms with E-state index in [0.717, 1.165) is 18.1 Å². The van der Waals surface area contributed by atoms with Gasteiger partial charge in [-0.3, -0.25) is 0 Å². The summed E-state index contributed by atoms with van der Waals surface area (Å²) in [6.07, 6.45) is 0. The van der Waals surface area contributed by atoms with Gasteiger partial charge in [0.2, 0.25) is 5.95 Å². The lowest BCUT2D eigenvalue weighted by atomic mass is 10.3. The van der Waals surface area contributed by atoms with E-state index in [-0.39, 0.29) is 6.03 Å². The molecule has 0 bridgehead atoms. The van der Waals surface area contributed by atoms with E-state index in [9.17, 15) is 4.79 Å². The second-order valence-electron chi connectivity index (χ2n) is 5.26. The summed E-state index contributed by atoms with van der Waals surface area (Å²) in [5.41, 5.74) is 1.49. The molecule has 0 unspecified atom stereocenters. The molecule has 2 rings (SSSR count). The van der Waals surface area contributed by atoms with Crippen molar-refractivity contribution < 1.29 is 9.53 Å². The molecule has 4 N–H and O–H groups in total. The Morgan fingerprint density at radius 2 is 1.96 bits per heavy atom. The van der Waals surface area contributed by atoms with Crippen molar-refractivity contribution in [1.29, 1.82) is 0 Å². The third-order valence-electron chi connectivity index (χ3n) is 3.26. The maximum atomic E-state index is 11.9. The van der Waals surface area contributed by atoms with Crippen LogP contribution >= 0.6 is 0 Å². The van der Waals surface area contributed by atoms with Crippen LogP contribution in [0, 0.1) is 6.92 Å². The molecule has 0 saturated carbocycles. The first kappa shape index (κ1) is 18.3. The van der Waals surface area contributed by atoms with Crippen molar-refractivity contribution in [1.82, 2.24) is 15.3 Å². The van der Waals surface area contributed by atoms with E-state index in [2.05, 4.69) is 31.2 Å². The number of methoxy groups -OCH3 is 1. The Kier molecular flexibility index (Phi) is 6.82. The summed E-state index contributed by atoms with van der Waals surface area (Å²) in [4.78, 5) is 20.6. The number of aryl methyl sites for hydroxylation is 1. The first-order chi connectivity index (χ1) is 12.1. The number of aromatic nitrogens is 2. The number of urea groups is 1. The van der Waals surface area contributed by atoms with Crippen LogP contribution in [0.5, 0.6) is 5.75 Å². The van der Waals surface area contributed by atoms with E-state index in [1.807, 2.05) is 32.0 Å². The Bertz CT molecular complexity index is 707. The lowest BCUT2D eigenvalue weighted by Gasteiger charge is -2.12. The zero-order chi connectivity index (χ0) is 18.1. The maximum absolute atomic E-state index is 11.9. The van der Waals surface area contributed by atoms with Crippen molar-refractivity contribution >= 4 is 23.5 Å². The smallest absolute Gasteiger partial charge is 0.319 e. The Labute approximate surface area is 147 Å². The van der Waals surface area contributed by atoms with Gasteiger partial charge in [-0.1, -0.05) is 12.1 Å². The Morgan fingerprint density at radius 1 is 1.16 bits per heavy atom. The molecule has 1 heterocycles. The van der Waals surface area contributed by atoms with Gasteiger partial charge in [-0.2, -0.15) is 4.98 Å². The van der Waals surface area contributed by atoms with Gasteiger partial charge in [0, 0.05) is 31.4 Å². The number of hydrogen-bond acceptors (Lipinski definition) is 6. The molecular weight excluding hydrogens is 320 g/mol. The van der Waals surface area contributed by atoms with Crippen LogP contribution in [-0.4, -0.2) is 42.7 Å². The number of rotatable bonds is 8. The third-order valence-corrected chi connectivity index (χ3v) is 3.26. The average molecular weight is 344 g/mol. The first-order valence-electron chi connectivity index (χ1n) is 8.13. The highest BCUT2D eigenvalue weighted by Gasteiger charge is 2.06. The standard InChI is InChI=1S/C17H24N6O2/c1-4-18-16-21-12(2)11-15(23-16)19-9-10-20-17(24)22-13-7-5-6-8-14(13)25-3/h5-8,11H,4,9-10H2,1-3H3,(H2,20,22,24)(H2,18,19,21,23). The van der Waals surface area contributed by atoms with E-state index in [1.54, 1.807) is 19.2 Å². The number of anilines is 3. The number of nitrogens with zero attached hydrogens (tertiary/aromatic N) is 2. The molecule has 25 heavy (non-hydrogen) atoms. The van der Waals surface area contributed by atoms with Crippen molar-refractivity contribution in [2.45, 2.75) is 13.8 Å². The predicted octanol–water partition coefficient (Wildman–Crippen LogP) is 2.46. The number of carbonyl (C=O) groups excluding carboxylic acids is 1. The third kappa shape index (κ3) is 5.83. The highest BCUT2D eigenvalue weighted by Crippen LogP contribution is 2.22. The summed E-state index contributed by atoms with van der Waals surface area (Å²) in [6, 6.07) is 8.81. The molecule has 8 nitrogen and oxygen atoms in total. The fourth-order valence-corrected chi connectivity index (χ4v) is 2.18. The lowest BCUT2D eigenvalue weighted by Crippen LogP contribution is -2.32. The second kappa shape index (κ2) is 9.31. The van der Waals surface area contributed by atoms with E-state index in [1.165, 1.54) is 0 Å². The van der Waals surface area contributed by atoms with Crippen molar-refractivity contribution in [3.8, 4) is 5.75 Å². The van der Waals surface area contributed by atoms with E-state index >= 15 is 0 Å². The number of carbonyl (C=O) groups is 1. The Hall–Kier alpha value is -3.03. The van der Waals surface area contributed by atoms with E-state index in [4.69, 9.17) is 4.74 Å². The molecule has 0 fully saturated rings. The van der Waals surface area contributed by atoms with Crippen LogP contribution in [0.4, 0.5) is 22.2 Å². The van der Waals surface area contributed by atoms with Crippen molar-refractivity contribution in [3.63, 3.8) is 0 Å². The minimum absolute atomic E-state index is 0.293. The van der Waals surface area contributed by atoms with Crippen LogP contribution in [0.15, 0.2) is 30.3 Å².